The number of carbonyl (C=O) groups is 1. The molecule has 7 heteroatoms. The van der Waals surface area contributed by atoms with Gasteiger partial charge in [-0.15, -0.1) is 0 Å². The average Bonchev–Trinajstić information content (AvgIpc) is 3.35. The number of amidine groups is 1. The Kier molecular flexibility index (Phi) is 6.54. The molecule has 2 aliphatic rings. The summed E-state index contributed by atoms with van der Waals surface area (Å²) >= 11 is 1.39. The van der Waals surface area contributed by atoms with E-state index >= 15 is 0 Å². The molecule has 0 unspecified atom stereocenters. The van der Waals surface area contributed by atoms with Crippen molar-refractivity contribution in [1.82, 2.24) is 9.88 Å². The number of hydrogen-bond acceptors (Lipinski definition) is 5. The summed E-state index contributed by atoms with van der Waals surface area (Å²) in [6.07, 6.45) is 1.96. The number of morpholine rings is 1. The minimum absolute atomic E-state index is 0.112. The average molecular weight is 487 g/mol. The van der Waals surface area contributed by atoms with Crippen molar-refractivity contribution in [2.24, 2.45) is 4.99 Å². The summed E-state index contributed by atoms with van der Waals surface area (Å²) in [6, 6.07) is 16.8. The van der Waals surface area contributed by atoms with E-state index in [4.69, 9.17) is 9.73 Å². The molecule has 1 N–H and O–H groups in total. The van der Waals surface area contributed by atoms with Gasteiger partial charge in [0, 0.05) is 35.9 Å². The van der Waals surface area contributed by atoms with Crippen molar-refractivity contribution in [2.75, 3.05) is 31.2 Å². The zero-order valence-corrected chi connectivity index (χ0v) is 21.4. The number of aromatic nitrogens is 1. The fraction of sp³-hybridized carbons (Fsp3) is 0.286. The smallest absolute Gasteiger partial charge is 0.264 e. The van der Waals surface area contributed by atoms with Crippen LogP contribution in [-0.4, -0.2) is 41.9 Å². The highest BCUT2D eigenvalue weighted by Gasteiger charge is 2.25. The molecule has 1 amide bonds. The summed E-state index contributed by atoms with van der Waals surface area (Å²) in [7, 11) is 0. The van der Waals surface area contributed by atoms with Gasteiger partial charge >= 0.3 is 0 Å². The van der Waals surface area contributed by atoms with E-state index in [9.17, 15) is 4.79 Å². The second-order valence-corrected chi connectivity index (χ2v) is 10.0. The molecule has 0 spiro atoms. The number of benzene rings is 2. The fourth-order valence-corrected chi connectivity index (χ4v) is 5.38. The molecule has 2 fully saturated rings. The third kappa shape index (κ3) is 4.79. The van der Waals surface area contributed by atoms with Crippen LogP contribution in [-0.2, 0) is 9.53 Å². The highest BCUT2D eigenvalue weighted by Crippen LogP contribution is 2.32. The van der Waals surface area contributed by atoms with Crippen LogP contribution in [0, 0.1) is 27.7 Å². The molecule has 2 aliphatic heterocycles. The molecule has 0 saturated carbocycles. The van der Waals surface area contributed by atoms with E-state index in [1.54, 1.807) is 0 Å². The number of nitrogens with one attached hydrogen (secondary N) is 1. The molecule has 1 aromatic heterocycles. The number of carbonyl (C=O) groups excluding carboxylic acids is 1. The Morgan fingerprint density at radius 3 is 2.46 bits per heavy atom. The third-order valence-corrected chi connectivity index (χ3v) is 7.60. The molecule has 3 aromatic rings. The summed E-state index contributed by atoms with van der Waals surface area (Å²) in [4.78, 5) is 20.4. The predicted octanol–water partition coefficient (Wildman–Crippen LogP) is 5.44. The van der Waals surface area contributed by atoms with Crippen molar-refractivity contribution >= 4 is 40.3 Å². The molecule has 0 radical (unpaired) electrons. The Hall–Kier alpha value is -3.29. The van der Waals surface area contributed by atoms with Crippen molar-refractivity contribution in [3.05, 3.63) is 81.5 Å². The van der Waals surface area contributed by atoms with Gasteiger partial charge in [-0.3, -0.25) is 4.79 Å². The number of ether oxygens (including phenoxy) is 1. The number of amides is 1. The standard InChI is InChI=1S/C28H30N4O2S/c1-18-6-5-7-25(20(18)3)29-28-30-27(33)26(35-28)17-22-16-19(2)32(21(22)4)24-10-8-23(9-11-24)31-12-14-34-15-13-31/h5-11,16-17H,12-15H2,1-4H3,(H,29,30,33)/b26-17-. The summed E-state index contributed by atoms with van der Waals surface area (Å²) in [6.45, 7) is 11.7. The minimum atomic E-state index is -0.112. The van der Waals surface area contributed by atoms with E-state index in [1.807, 2.05) is 18.2 Å². The first-order chi connectivity index (χ1) is 16.9. The van der Waals surface area contributed by atoms with Gasteiger partial charge in [0.25, 0.3) is 5.91 Å². The molecule has 5 rings (SSSR count). The van der Waals surface area contributed by atoms with Crippen LogP contribution in [0.1, 0.15) is 28.1 Å². The number of thioether (sulfide) groups is 1. The van der Waals surface area contributed by atoms with Gasteiger partial charge in [-0.05, 0) is 98.6 Å². The maximum Gasteiger partial charge on any atom is 0.264 e. The molecule has 0 bridgehead atoms. The number of aliphatic imine (C=N–C) groups is 1. The van der Waals surface area contributed by atoms with Crippen LogP contribution in [0.4, 0.5) is 11.4 Å². The number of hydrogen-bond donors (Lipinski definition) is 1. The van der Waals surface area contributed by atoms with Crippen molar-refractivity contribution in [2.45, 2.75) is 27.7 Å². The zero-order valence-electron chi connectivity index (χ0n) is 20.6. The van der Waals surface area contributed by atoms with Crippen LogP contribution >= 0.6 is 11.8 Å². The van der Waals surface area contributed by atoms with Crippen molar-refractivity contribution in [3.8, 4) is 5.69 Å². The highest BCUT2D eigenvalue weighted by atomic mass is 32.2. The van der Waals surface area contributed by atoms with E-state index in [1.165, 1.54) is 23.0 Å². The van der Waals surface area contributed by atoms with Gasteiger partial charge in [0.1, 0.15) is 0 Å². The van der Waals surface area contributed by atoms with Gasteiger partial charge in [-0.1, -0.05) is 12.1 Å². The first kappa shape index (κ1) is 23.5. The van der Waals surface area contributed by atoms with E-state index in [-0.39, 0.29) is 5.91 Å². The van der Waals surface area contributed by atoms with E-state index in [0.29, 0.717) is 10.1 Å². The lowest BCUT2D eigenvalue weighted by Crippen LogP contribution is -2.36. The number of rotatable bonds is 4. The molecule has 2 aromatic carbocycles. The summed E-state index contributed by atoms with van der Waals surface area (Å²) in [5.74, 6) is -0.112. The second-order valence-electron chi connectivity index (χ2n) is 8.98. The maximum atomic E-state index is 12.7. The van der Waals surface area contributed by atoms with Crippen LogP contribution < -0.4 is 10.2 Å². The molecular formula is C28H30N4O2S. The highest BCUT2D eigenvalue weighted by molar-refractivity contribution is 8.18. The monoisotopic (exact) mass is 486 g/mol. The van der Waals surface area contributed by atoms with Gasteiger partial charge in [0.15, 0.2) is 5.17 Å². The van der Waals surface area contributed by atoms with E-state index < -0.39 is 0 Å². The predicted molar refractivity (Wildman–Crippen MR) is 145 cm³/mol. The Morgan fingerprint density at radius 2 is 1.71 bits per heavy atom. The fourth-order valence-electron chi connectivity index (χ4n) is 4.55. The van der Waals surface area contributed by atoms with Gasteiger partial charge < -0.3 is 19.5 Å². The number of nitrogens with zero attached hydrogens (tertiary/aromatic N) is 3. The maximum absolute atomic E-state index is 12.7. The molecule has 180 valence electrons. The summed E-state index contributed by atoms with van der Waals surface area (Å²) < 4.78 is 7.70. The van der Waals surface area contributed by atoms with Crippen LogP contribution in [0.15, 0.2) is 58.4 Å². The number of anilines is 1. The summed E-state index contributed by atoms with van der Waals surface area (Å²) in [5, 5.41) is 3.53. The summed E-state index contributed by atoms with van der Waals surface area (Å²) in [5.41, 5.74) is 8.78. The van der Waals surface area contributed by atoms with Crippen molar-refractivity contribution in [3.63, 3.8) is 0 Å². The molecule has 2 saturated heterocycles. The molecular weight excluding hydrogens is 456 g/mol. The molecule has 3 heterocycles. The largest absolute Gasteiger partial charge is 0.378 e. The molecule has 6 nitrogen and oxygen atoms in total. The first-order valence-corrected chi connectivity index (χ1v) is 12.7. The number of aryl methyl sites for hydroxylation is 2. The topological polar surface area (TPSA) is 58.9 Å². The lowest BCUT2D eigenvalue weighted by molar-refractivity contribution is -0.115. The first-order valence-electron chi connectivity index (χ1n) is 11.9. The minimum Gasteiger partial charge on any atom is -0.378 e. The van der Waals surface area contributed by atoms with Crippen LogP contribution in [0.2, 0.25) is 0 Å². The Morgan fingerprint density at radius 1 is 1.00 bits per heavy atom. The van der Waals surface area contributed by atoms with Gasteiger partial charge in [0.2, 0.25) is 0 Å². The third-order valence-electron chi connectivity index (χ3n) is 6.69. The second kappa shape index (κ2) is 9.76. The van der Waals surface area contributed by atoms with E-state index in [0.717, 1.165) is 60.2 Å². The Bertz CT molecular complexity index is 1330. The van der Waals surface area contributed by atoms with Crippen molar-refractivity contribution < 1.29 is 9.53 Å². The van der Waals surface area contributed by atoms with Gasteiger partial charge in [0.05, 0.1) is 23.8 Å². The Balaban J connectivity index is 1.39. The van der Waals surface area contributed by atoms with E-state index in [2.05, 4.69) is 78.9 Å². The SMILES string of the molecule is Cc1cccc(N=C2NC(=O)/C(=C/c3cc(C)n(-c4ccc(N5CCOCC5)cc4)c3C)S2)c1C. The van der Waals surface area contributed by atoms with Crippen LogP contribution in [0.3, 0.4) is 0 Å². The van der Waals surface area contributed by atoms with Gasteiger partial charge in [-0.25, -0.2) is 4.99 Å². The molecule has 0 atom stereocenters. The lowest BCUT2D eigenvalue weighted by Gasteiger charge is -2.29. The zero-order chi connectivity index (χ0) is 24.5. The lowest BCUT2D eigenvalue weighted by atomic mass is 10.1. The van der Waals surface area contributed by atoms with Crippen LogP contribution in [0.25, 0.3) is 11.8 Å². The van der Waals surface area contributed by atoms with Gasteiger partial charge in [-0.2, -0.15) is 0 Å². The van der Waals surface area contributed by atoms with Crippen LogP contribution in [0.5, 0.6) is 0 Å². The van der Waals surface area contributed by atoms with Crippen molar-refractivity contribution in [1.29, 1.82) is 0 Å². The quantitative estimate of drug-likeness (QED) is 0.499. The Labute approximate surface area is 210 Å². The molecule has 35 heavy (non-hydrogen) atoms. The molecule has 0 aliphatic carbocycles. The normalized spacial score (nSPS) is 18.5.